The normalized spacial score (nSPS) is 10.3. The fourth-order valence-electron chi connectivity index (χ4n) is 1.50. The van der Waals surface area contributed by atoms with Crippen LogP contribution < -0.4 is 10.1 Å². The number of nitrogens with one attached hydrogen (secondary N) is 1. The van der Waals surface area contributed by atoms with Gasteiger partial charge in [0.15, 0.2) is 5.78 Å². The number of rotatable bonds is 4. The van der Waals surface area contributed by atoms with Gasteiger partial charge in [0.1, 0.15) is 11.6 Å². The van der Waals surface area contributed by atoms with E-state index < -0.39 is 5.82 Å². The van der Waals surface area contributed by atoms with Crippen LogP contribution in [0.5, 0.6) is 5.75 Å². The predicted molar refractivity (Wildman–Crippen MR) is 61.0 cm³/mol. The number of ketones is 1. The molecule has 0 bridgehead atoms. The molecule has 0 aliphatic rings. The molecule has 0 amide bonds. The van der Waals surface area contributed by atoms with Gasteiger partial charge in [-0.05, 0) is 25.6 Å². The zero-order chi connectivity index (χ0) is 12.3. The first-order valence-electron chi connectivity index (χ1n) is 4.73. The minimum atomic E-state index is -0.612. The van der Waals surface area contributed by atoms with Crippen molar-refractivity contribution in [2.75, 3.05) is 20.7 Å². The summed E-state index contributed by atoms with van der Waals surface area (Å²) in [5.41, 5.74) is 0.639. The molecule has 5 heteroatoms. The van der Waals surface area contributed by atoms with Crippen molar-refractivity contribution >= 4 is 17.4 Å². The Morgan fingerprint density at radius 2 is 2.25 bits per heavy atom. The number of Topliss-reactive ketones (excluding diaryl/α,β-unsaturated/α-hetero) is 1. The van der Waals surface area contributed by atoms with Crippen LogP contribution >= 0.6 is 11.6 Å². The molecule has 0 radical (unpaired) electrons. The Morgan fingerprint density at radius 1 is 1.62 bits per heavy atom. The predicted octanol–water partition coefficient (Wildman–Crippen LogP) is 2.20. The summed E-state index contributed by atoms with van der Waals surface area (Å²) < 4.78 is 18.5. The lowest BCUT2D eigenvalue weighted by atomic mass is 10.1. The van der Waals surface area contributed by atoms with Gasteiger partial charge in [-0.15, -0.1) is 0 Å². The molecule has 0 aromatic heterocycles. The molecule has 1 aromatic carbocycles. The number of methoxy groups -OCH3 is 1. The molecule has 0 spiro atoms. The Labute approximate surface area is 98.5 Å². The number of aryl methyl sites for hydroxylation is 1. The Hall–Kier alpha value is -1.13. The van der Waals surface area contributed by atoms with Gasteiger partial charge in [0.25, 0.3) is 0 Å². The van der Waals surface area contributed by atoms with Crippen LogP contribution in [0.15, 0.2) is 6.07 Å². The Bertz CT molecular complexity index is 421. The van der Waals surface area contributed by atoms with Crippen molar-refractivity contribution in [3.05, 3.63) is 28.0 Å². The van der Waals surface area contributed by atoms with Gasteiger partial charge in [0.05, 0.1) is 24.2 Å². The molecule has 0 heterocycles. The van der Waals surface area contributed by atoms with E-state index in [1.165, 1.54) is 13.2 Å². The molecule has 0 aliphatic heterocycles. The molecular weight excluding hydrogens is 233 g/mol. The maximum Gasteiger partial charge on any atom is 0.181 e. The quantitative estimate of drug-likeness (QED) is 0.827. The molecule has 0 saturated carbocycles. The lowest BCUT2D eigenvalue weighted by Crippen LogP contribution is -2.20. The van der Waals surface area contributed by atoms with E-state index in [9.17, 15) is 9.18 Å². The van der Waals surface area contributed by atoms with Crippen LogP contribution in [0.25, 0.3) is 0 Å². The van der Waals surface area contributed by atoms with Gasteiger partial charge >= 0.3 is 0 Å². The fourth-order valence-corrected chi connectivity index (χ4v) is 1.74. The van der Waals surface area contributed by atoms with Crippen molar-refractivity contribution in [3.8, 4) is 5.75 Å². The lowest BCUT2D eigenvalue weighted by Gasteiger charge is -2.12. The van der Waals surface area contributed by atoms with E-state index in [0.717, 1.165) is 0 Å². The molecule has 0 aliphatic carbocycles. The largest absolute Gasteiger partial charge is 0.496 e. The summed E-state index contributed by atoms with van der Waals surface area (Å²) >= 11 is 5.78. The van der Waals surface area contributed by atoms with Crippen molar-refractivity contribution in [1.29, 1.82) is 0 Å². The second kappa shape index (κ2) is 5.27. The number of hydrogen-bond donors (Lipinski definition) is 1. The Morgan fingerprint density at radius 3 is 2.75 bits per heavy atom. The number of benzene rings is 1. The van der Waals surface area contributed by atoms with Gasteiger partial charge in [-0.25, -0.2) is 4.39 Å². The number of carbonyl (C=O) groups excluding carboxylic acids is 1. The molecule has 0 unspecified atom stereocenters. The summed E-state index contributed by atoms with van der Waals surface area (Å²) in [6, 6.07) is 1.25. The first-order chi connectivity index (χ1) is 7.52. The highest BCUT2D eigenvalue weighted by Crippen LogP contribution is 2.32. The second-order valence-electron chi connectivity index (χ2n) is 3.35. The van der Waals surface area contributed by atoms with E-state index in [2.05, 4.69) is 5.32 Å². The van der Waals surface area contributed by atoms with Crippen LogP contribution in [0.3, 0.4) is 0 Å². The van der Waals surface area contributed by atoms with E-state index in [4.69, 9.17) is 16.3 Å². The molecule has 1 aromatic rings. The Balaban J connectivity index is 3.38. The molecular formula is C11H13ClFNO2. The van der Waals surface area contributed by atoms with Crippen LogP contribution in [-0.4, -0.2) is 26.5 Å². The van der Waals surface area contributed by atoms with Crippen LogP contribution in [0, 0.1) is 12.7 Å². The van der Waals surface area contributed by atoms with E-state index >= 15 is 0 Å². The fraction of sp³-hybridized carbons (Fsp3) is 0.364. The summed E-state index contributed by atoms with van der Waals surface area (Å²) in [7, 11) is 3.05. The first kappa shape index (κ1) is 12.9. The summed E-state index contributed by atoms with van der Waals surface area (Å²) in [5, 5.41) is 2.51. The van der Waals surface area contributed by atoms with Crippen LogP contribution in [0.1, 0.15) is 15.9 Å². The van der Waals surface area contributed by atoms with Crippen molar-refractivity contribution in [2.45, 2.75) is 6.92 Å². The highest BCUT2D eigenvalue weighted by molar-refractivity contribution is 6.34. The van der Waals surface area contributed by atoms with E-state index in [1.807, 2.05) is 0 Å². The van der Waals surface area contributed by atoms with Crippen molar-refractivity contribution < 1.29 is 13.9 Å². The van der Waals surface area contributed by atoms with E-state index in [0.29, 0.717) is 11.3 Å². The SMILES string of the molecule is CNCC(=O)c1c(Cl)c(F)cc(C)c1OC. The number of hydrogen-bond acceptors (Lipinski definition) is 3. The molecule has 1 rings (SSSR count). The van der Waals surface area contributed by atoms with Crippen molar-refractivity contribution in [1.82, 2.24) is 5.32 Å². The summed E-state index contributed by atoms with van der Waals surface area (Å²) in [4.78, 5) is 11.8. The average Bonchev–Trinajstić information content (AvgIpc) is 2.23. The number of likely N-dealkylation sites (N-methyl/N-ethyl adjacent to an activating group) is 1. The zero-order valence-corrected chi connectivity index (χ0v) is 10.1. The van der Waals surface area contributed by atoms with Crippen molar-refractivity contribution in [2.24, 2.45) is 0 Å². The minimum absolute atomic E-state index is 0.0823. The molecule has 0 atom stereocenters. The third-order valence-corrected chi connectivity index (χ3v) is 2.55. The highest BCUT2D eigenvalue weighted by Gasteiger charge is 2.21. The monoisotopic (exact) mass is 245 g/mol. The van der Waals surface area contributed by atoms with Crippen LogP contribution in [0.4, 0.5) is 4.39 Å². The van der Waals surface area contributed by atoms with Gasteiger partial charge in [-0.1, -0.05) is 11.6 Å². The second-order valence-corrected chi connectivity index (χ2v) is 3.73. The standard InChI is InChI=1S/C11H13ClFNO2/c1-6-4-7(13)10(12)9(11(6)16-3)8(15)5-14-2/h4,14H,5H2,1-3H3. The number of carbonyl (C=O) groups is 1. The molecule has 16 heavy (non-hydrogen) atoms. The van der Waals surface area contributed by atoms with Crippen LogP contribution in [-0.2, 0) is 0 Å². The van der Waals surface area contributed by atoms with E-state index in [-0.39, 0.29) is 22.9 Å². The van der Waals surface area contributed by atoms with Gasteiger partial charge in [0.2, 0.25) is 0 Å². The number of halogens is 2. The topological polar surface area (TPSA) is 38.3 Å². The maximum atomic E-state index is 13.4. The summed E-state index contributed by atoms with van der Waals surface area (Å²) in [6.45, 7) is 1.74. The van der Waals surface area contributed by atoms with E-state index in [1.54, 1.807) is 14.0 Å². The lowest BCUT2D eigenvalue weighted by molar-refractivity contribution is 0.0990. The van der Waals surface area contributed by atoms with Gasteiger partial charge in [-0.3, -0.25) is 4.79 Å². The number of ether oxygens (including phenoxy) is 1. The van der Waals surface area contributed by atoms with Crippen LogP contribution in [0.2, 0.25) is 5.02 Å². The Kier molecular flexibility index (Phi) is 4.26. The van der Waals surface area contributed by atoms with Crippen molar-refractivity contribution in [3.63, 3.8) is 0 Å². The zero-order valence-electron chi connectivity index (χ0n) is 9.36. The van der Waals surface area contributed by atoms with Gasteiger partial charge in [0, 0.05) is 0 Å². The average molecular weight is 246 g/mol. The van der Waals surface area contributed by atoms with Gasteiger partial charge in [-0.2, -0.15) is 0 Å². The molecule has 0 fully saturated rings. The third kappa shape index (κ3) is 2.33. The molecule has 0 saturated heterocycles. The smallest absolute Gasteiger partial charge is 0.181 e. The van der Waals surface area contributed by atoms with Gasteiger partial charge < -0.3 is 10.1 Å². The molecule has 88 valence electrons. The summed E-state index contributed by atoms with van der Waals surface area (Å²) in [5.74, 6) is -0.585. The third-order valence-electron chi connectivity index (χ3n) is 2.18. The first-order valence-corrected chi connectivity index (χ1v) is 5.11. The molecule has 3 nitrogen and oxygen atoms in total. The minimum Gasteiger partial charge on any atom is -0.496 e. The highest BCUT2D eigenvalue weighted by atomic mass is 35.5. The maximum absolute atomic E-state index is 13.4. The molecule has 1 N–H and O–H groups in total. The summed E-state index contributed by atoms with van der Waals surface area (Å²) in [6.07, 6.45) is 0.